The van der Waals surface area contributed by atoms with Crippen LogP contribution in [0.3, 0.4) is 0 Å². The molecule has 0 aromatic heterocycles. The van der Waals surface area contributed by atoms with Crippen molar-refractivity contribution < 1.29 is 23.7 Å². The molecule has 2 aromatic carbocycles. The predicted octanol–water partition coefficient (Wildman–Crippen LogP) is 5.54. The van der Waals surface area contributed by atoms with E-state index in [4.69, 9.17) is 31.2 Å². The third kappa shape index (κ3) is 8.85. The van der Waals surface area contributed by atoms with Crippen molar-refractivity contribution in [2.24, 2.45) is 0 Å². The number of amides is 1. The maximum absolute atomic E-state index is 12.7. The molecule has 2 aromatic rings. The van der Waals surface area contributed by atoms with Gasteiger partial charge in [0.15, 0.2) is 16.6 Å². The standard InChI is InChI=1S/C26H32BrN3O5S/c1-6-8-9-20(7-2)29-25(31)18-12-19(27)14-21(13-18)30-26(36)28-16-35-15-17-10-22(32-3)24(34-5)23(11-17)33-4/h7-14H,6,15-16H2,1-5H3,(H,29,31)(H2,28,30,36)/b9-8-,20-7+. The Balaban J connectivity index is 1.93. The van der Waals surface area contributed by atoms with Crippen molar-refractivity contribution in [1.29, 1.82) is 0 Å². The summed E-state index contributed by atoms with van der Waals surface area (Å²) in [5, 5.41) is 9.32. The molecule has 0 spiro atoms. The quantitative estimate of drug-likeness (QED) is 0.131. The molecule has 10 heteroatoms. The summed E-state index contributed by atoms with van der Waals surface area (Å²) in [6.07, 6.45) is 6.59. The number of carbonyl (C=O) groups excluding carboxylic acids is 1. The van der Waals surface area contributed by atoms with Gasteiger partial charge in [-0.25, -0.2) is 0 Å². The van der Waals surface area contributed by atoms with E-state index < -0.39 is 0 Å². The number of thiocarbonyl (C=S) groups is 1. The number of allylic oxidation sites excluding steroid dienone is 3. The molecule has 36 heavy (non-hydrogen) atoms. The molecule has 0 bridgehead atoms. The minimum atomic E-state index is -0.222. The van der Waals surface area contributed by atoms with Gasteiger partial charge in [-0.3, -0.25) is 4.79 Å². The summed E-state index contributed by atoms with van der Waals surface area (Å²) in [5.74, 6) is 1.41. The van der Waals surface area contributed by atoms with Crippen molar-refractivity contribution in [1.82, 2.24) is 10.6 Å². The number of carbonyl (C=O) groups is 1. The van der Waals surface area contributed by atoms with Crippen LogP contribution < -0.4 is 30.2 Å². The van der Waals surface area contributed by atoms with E-state index in [0.29, 0.717) is 40.2 Å². The summed E-state index contributed by atoms with van der Waals surface area (Å²) in [6, 6.07) is 8.94. The summed E-state index contributed by atoms with van der Waals surface area (Å²) < 4.78 is 22.5. The second-order valence-corrected chi connectivity index (χ2v) is 8.72. The topological polar surface area (TPSA) is 90.1 Å². The molecule has 0 heterocycles. The highest BCUT2D eigenvalue weighted by Gasteiger charge is 2.13. The van der Waals surface area contributed by atoms with E-state index in [1.54, 1.807) is 33.5 Å². The highest BCUT2D eigenvalue weighted by atomic mass is 79.9. The van der Waals surface area contributed by atoms with Crippen LogP contribution in [0.4, 0.5) is 5.69 Å². The third-order valence-electron chi connectivity index (χ3n) is 4.85. The largest absolute Gasteiger partial charge is 0.493 e. The fraction of sp³-hybridized carbons (Fsp3) is 0.308. The molecule has 0 atom stereocenters. The molecule has 1 amide bonds. The van der Waals surface area contributed by atoms with Crippen molar-refractivity contribution in [3.05, 3.63) is 69.9 Å². The molecule has 8 nitrogen and oxygen atoms in total. The zero-order valence-corrected chi connectivity index (χ0v) is 23.5. The van der Waals surface area contributed by atoms with Gasteiger partial charge in [0.25, 0.3) is 5.91 Å². The summed E-state index contributed by atoms with van der Waals surface area (Å²) in [4.78, 5) is 12.7. The van der Waals surface area contributed by atoms with E-state index in [0.717, 1.165) is 22.2 Å². The van der Waals surface area contributed by atoms with E-state index in [-0.39, 0.29) is 12.6 Å². The highest BCUT2D eigenvalue weighted by molar-refractivity contribution is 9.10. The third-order valence-corrected chi connectivity index (χ3v) is 5.55. The number of hydrogen-bond acceptors (Lipinski definition) is 6. The van der Waals surface area contributed by atoms with Crippen LogP contribution in [-0.4, -0.2) is 39.1 Å². The number of benzene rings is 2. The minimum Gasteiger partial charge on any atom is -0.493 e. The molecule has 0 unspecified atom stereocenters. The van der Waals surface area contributed by atoms with Crippen molar-refractivity contribution in [3.8, 4) is 17.2 Å². The first-order valence-corrected chi connectivity index (χ1v) is 12.4. The van der Waals surface area contributed by atoms with Crippen LogP contribution in [0.1, 0.15) is 36.2 Å². The zero-order valence-electron chi connectivity index (χ0n) is 21.1. The summed E-state index contributed by atoms with van der Waals surface area (Å²) in [7, 11) is 4.68. The molecular formula is C26H32BrN3O5S. The van der Waals surface area contributed by atoms with E-state index in [1.807, 2.05) is 50.3 Å². The Bertz CT molecular complexity index is 1100. The van der Waals surface area contributed by atoms with E-state index in [9.17, 15) is 4.79 Å². The van der Waals surface area contributed by atoms with Crippen molar-refractivity contribution in [2.75, 3.05) is 33.4 Å². The minimum absolute atomic E-state index is 0.165. The molecule has 0 aliphatic carbocycles. The Morgan fingerprint density at radius 2 is 1.75 bits per heavy atom. The Morgan fingerprint density at radius 1 is 1.06 bits per heavy atom. The first kappa shape index (κ1) is 29.2. The molecule has 0 radical (unpaired) electrons. The highest BCUT2D eigenvalue weighted by Crippen LogP contribution is 2.38. The van der Waals surface area contributed by atoms with Gasteiger partial charge < -0.3 is 34.9 Å². The van der Waals surface area contributed by atoms with Crippen molar-refractivity contribution in [3.63, 3.8) is 0 Å². The second kappa shape index (κ2) is 15.1. The van der Waals surface area contributed by atoms with Crippen LogP contribution in [-0.2, 0) is 11.3 Å². The number of nitrogens with one attached hydrogen (secondary N) is 3. The molecule has 0 aliphatic rings. The van der Waals surface area contributed by atoms with Gasteiger partial charge in [-0.2, -0.15) is 0 Å². The van der Waals surface area contributed by atoms with Gasteiger partial charge >= 0.3 is 0 Å². The van der Waals surface area contributed by atoms with Gasteiger partial charge in [-0.1, -0.05) is 35.0 Å². The van der Waals surface area contributed by atoms with Gasteiger partial charge in [-0.05, 0) is 67.5 Å². The Kier molecular flexibility index (Phi) is 12.2. The monoisotopic (exact) mass is 577 g/mol. The van der Waals surface area contributed by atoms with Gasteiger partial charge in [0, 0.05) is 21.4 Å². The van der Waals surface area contributed by atoms with E-state index in [2.05, 4.69) is 31.9 Å². The zero-order chi connectivity index (χ0) is 26.5. The average molecular weight is 579 g/mol. The molecule has 0 saturated heterocycles. The van der Waals surface area contributed by atoms with E-state index >= 15 is 0 Å². The fourth-order valence-electron chi connectivity index (χ4n) is 3.13. The van der Waals surface area contributed by atoms with Crippen LogP contribution in [0.15, 0.2) is 58.7 Å². The lowest BCUT2D eigenvalue weighted by atomic mass is 10.2. The lowest BCUT2D eigenvalue weighted by Gasteiger charge is -2.15. The molecule has 3 N–H and O–H groups in total. The number of methoxy groups -OCH3 is 3. The molecular weight excluding hydrogens is 546 g/mol. The number of anilines is 1. The Labute approximate surface area is 226 Å². The summed E-state index contributed by atoms with van der Waals surface area (Å²) in [6.45, 7) is 4.37. The maximum Gasteiger partial charge on any atom is 0.255 e. The van der Waals surface area contributed by atoms with Gasteiger partial charge in [0.05, 0.1) is 27.9 Å². The fourth-order valence-corrected chi connectivity index (χ4v) is 3.80. The smallest absolute Gasteiger partial charge is 0.255 e. The SMILES string of the molecule is C/C=C(\C=C/CC)NC(=O)c1cc(Br)cc(NC(=S)NCOCc2cc(OC)c(OC)c(OC)c2)c1. The second-order valence-electron chi connectivity index (χ2n) is 7.39. The average Bonchev–Trinajstić information content (AvgIpc) is 2.87. The molecule has 0 fully saturated rings. The normalized spacial score (nSPS) is 11.2. The summed E-state index contributed by atoms with van der Waals surface area (Å²) in [5.41, 5.74) is 2.72. The van der Waals surface area contributed by atoms with Crippen LogP contribution in [0, 0.1) is 0 Å². The van der Waals surface area contributed by atoms with Crippen LogP contribution in [0.5, 0.6) is 17.2 Å². The Morgan fingerprint density at radius 3 is 2.33 bits per heavy atom. The van der Waals surface area contributed by atoms with Gasteiger partial charge in [0.2, 0.25) is 5.75 Å². The van der Waals surface area contributed by atoms with Gasteiger partial charge in [-0.15, -0.1) is 0 Å². The van der Waals surface area contributed by atoms with Crippen LogP contribution in [0.25, 0.3) is 0 Å². The summed E-state index contributed by atoms with van der Waals surface area (Å²) >= 11 is 8.83. The van der Waals surface area contributed by atoms with Crippen molar-refractivity contribution >= 4 is 44.9 Å². The number of ether oxygens (including phenoxy) is 4. The van der Waals surface area contributed by atoms with E-state index in [1.165, 1.54) is 0 Å². The molecule has 0 aliphatic heterocycles. The number of hydrogen-bond donors (Lipinski definition) is 3. The molecule has 0 saturated carbocycles. The first-order valence-electron chi connectivity index (χ1n) is 11.2. The van der Waals surface area contributed by atoms with Crippen LogP contribution >= 0.6 is 28.1 Å². The first-order chi connectivity index (χ1) is 17.3. The Hall–Kier alpha value is -3.08. The molecule has 194 valence electrons. The van der Waals surface area contributed by atoms with Gasteiger partial charge in [0.1, 0.15) is 6.73 Å². The number of rotatable bonds is 12. The lowest BCUT2D eigenvalue weighted by Crippen LogP contribution is -2.30. The lowest BCUT2D eigenvalue weighted by molar-refractivity contribution is 0.0967. The van der Waals surface area contributed by atoms with Crippen LogP contribution in [0.2, 0.25) is 0 Å². The number of halogens is 1. The van der Waals surface area contributed by atoms with Crippen molar-refractivity contribution in [2.45, 2.75) is 26.9 Å². The predicted molar refractivity (Wildman–Crippen MR) is 150 cm³/mol. The molecule has 2 rings (SSSR count). The maximum atomic E-state index is 12.7.